The molecule has 3 rings (SSSR count). The second-order valence-corrected chi connectivity index (χ2v) is 9.20. The van der Waals surface area contributed by atoms with Gasteiger partial charge < -0.3 is 15.1 Å². The van der Waals surface area contributed by atoms with E-state index in [0.717, 1.165) is 24.2 Å². The molecule has 2 aromatic rings. The van der Waals surface area contributed by atoms with E-state index in [1.54, 1.807) is 6.07 Å². The summed E-state index contributed by atoms with van der Waals surface area (Å²) in [6, 6.07) is 11.6. The van der Waals surface area contributed by atoms with Crippen LogP contribution in [0.3, 0.4) is 0 Å². The van der Waals surface area contributed by atoms with E-state index in [0.29, 0.717) is 42.9 Å². The van der Waals surface area contributed by atoms with Crippen molar-refractivity contribution in [1.29, 1.82) is 0 Å². The summed E-state index contributed by atoms with van der Waals surface area (Å²) in [6.45, 7) is 6.68. The van der Waals surface area contributed by atoms with Gasteiger partial charge in [0.05, 0.1) is 5.75 Å². The van der Waals surface area contributed by atoms with Gasteiger partial charge in [0.25, 0.3) is 0 Å². The number of piperazine rings is 1. The number of halogens is 1. The number of benzene rings is 1. The molecule has 1 unspecified atom stereocenters. The third-order valence-corrected chi connectivity index (χ3v) is 6.38. The van der Waals surface area contributed by atoms with Gasteiger partial charge in [0.2, 0.25) is 11.8 Å². The molecular weight excluding hydrogens is 446 g/mol. The highest BCUT2D eigenvalue weighted by atomic mass is 35.5. The van der Waals surface area contributed by atoms with Gasteiger partial charge in [-0.25, -0.2) is 9.97 Å². The van der Waals surface area contributed by atoms with Crippen molar-refractivity contribution >= 4 is 41.0 Å². The fourth-order valence-electron chi connectivity index (χ4n) is 3.60. The molecule has 0 bridgehead atoms. The first kappa shape index (κ1) is 24.3. The summed E-state index contributed by atoms with van der Waals surface area (Å²) in [5.74, 6) is 1.07. The van der Waals surface area contributed by atoms with E-state index in [-0.39, 0.29) is 23.6 Å². The quantitative estimate of drug-likeness (QED) is 0.338. The highest BCUT2D eigenvalue weighted by Crippen LogP contribution is 2.24. The molecule has 1 aromatic carbocycles. The predicted octanol–water partition coefficient (Wildman–Crippen LogP) is 3.77. The third-order valence-electron chi connectivity index (χ3n) is 5.34. The Balaban J connectivity index is 1.54. The van der Waals surface area contributed by atoms with Crippen molar-refractivity contribution in [2.75, 3.05) is 30.3 Å². The van der Waals surface area contributed by atoms with Crippen LogP contribution in [-0.4, -0.2) is 58.1 Å². The molecule has 9 heteroatoms. The molecule has 1 aliphatic heterocycles. The maximum atomic E-state index is 12.4. The number of anilines is 1. The van der Waals surface area contributed by atoms with Gasteiger partial charge in [-0.15, -0.1) is 0 Å². The summed E-state index contributed by atoms with van der Waals surface area (Å²) in [5, 5.41) is 3.71. The SMILES string of the molecule is CCCCC(=O)N1CCN(c2cc(Cl)nc(SCC(=O)NCc3ccccc3)n2)CC1C. The number of amides is 2. The van der Waals surface area contributed by atoms with E-state index in [4.69, 9.17) is 11.6 Å². The highest BCUT2D eigenvalue weighted by Gasteiger charge is 2.28. The number of hydrogen-bond acceptors (Lipinski definition) is 6. The summed E-state index contributed by atoms with van der Waals surface area (Å²) >= 11 is 7.50. The van der Waals surface area contributed by atoms with Crippen molar-refractivity contribution < 1.29 is 9.59 Å². The van der Waals surface area contributed by atoms with E-state index in [1.807, 2.05) is 35.2 Å². The Bertz CT molecular complexity index is 915. The molecule has 2 heterocycles. The zero-order valence-corrected chi connectivity index (χ0v) is 20.2. The van der Waals surface area contributed by atoms with E-state index in [9.17, 15) is 9.59 Å². The Labute approximate surface area is 198 Å². The molecule has 1 saturated heterocycles. The second-order valence-electron chi connectivity index (χ2n) is 7.87. The molecule has 0 saturated carbocycles. The Morgan fingerprint density at radius 2 is 2.00 bits per heavy atom. The van der Waals surface area contributed by atoms with E-state index >= 15 is 0 Å². The van der Waals surface area contributed by atoms with Gasteiger partial charge in [-0.05, 0) is 18.9 Å². The van der Waals surface area contributed by atoms with Crippen molar-refractivity contribution in [3.63, 3.8) is 0 Å². The number of nitrogens with one attached hydrogen (secondary N) is 1. The topological polar surface area (TPSA) is 78.4 Å². The maximum absolute atomic E-state index is 12.4. The second kappa shape index (κ2) is 12.1. The number of carbonyl (C=O) groups excluding carboxylic acids is 2. The maximum Gasteiger partial charge on any atom is 0.230 e. The van der Waals surface area contributed by atoms with E-state index < -0.39 is 0 Å². The molecule has 1 aromatic heterocycles. The van der Waals surface area contributed by atoms with Crippen LogP contribution < -0.4 is 10.2 Å². The number of thioether (sulfide) groups is 1. The molecule has 172 valence electrons. The van der Waals surface area contributed by atoms with Gasteiger partial charge in [0.1, 0.15) is 11.0 Å². The van der Waals surface area contributed by atoms with Crippen LogP contribution in [0.2, 0.25) is 5.15 Å². The lowest BCUT2D eigenvalue weighted by Gasteiger charge is -2.40. The molecule has 1 atom stereocenters. The summed E-state index contributed by atoms with van der Waals surface area (Å²) in [7, 11) is 0. The largest absolute Gasteiger partial charge is 0.353 e. The summed E-state index contributed by atoms with van der Waals surface area (Å²) in [4.78, 5) is 37.6. The fourth-order valence-corrected chi connectivity index (χ4v) is 4.51. The lowest BCUT2D eigenvalue weighted by Crippen LogP contribution is -2.54. The van der Waals surface area contributed by atoms with Crippen molar-refractivity contribution in [1.82, 2.24) is 20.2 Å². The standard InChI is InChI=1S/C23H30ClN5O2S/c1-3-4-10-22(31)29-12-11-28(15-17(29)2)20-13-19(24)26-23(27-20)32-16-21(30)25-14-18-8-6-5-7-9-18/h5-9,13,17H,3-4,10-12,14-16H2,1-2H3,(H,25,30). The zero-order valence-electron chi connectivity index (χ0n) is 18.6. The number of hydrogen-bond donors (Lipinski definition) is 1. The van der Waals surface area contributed by atoms with Gasteiger partial charge in [0.15, 0.2) is 5.16 Å². The Morgan fingerprint density at radius 3 is 2.72 bits per heavy atom. The first-order valence-electron chi connectivity index (χ1n) is 11.0. The lowest BCUT2D eigenvalue weighted by atomic mass is 10.1. The minimum Gasteiger partial charge on any atom is -0.353 e. The van der Waals surface area contributed by atoms with Crippen LogP contribution in [0, 0.1) is 0 Å². The van der Waals surface area contributed by atoms with Crippen LogP contribution in [0.15, 0.2) is 41.6 Å². The summed E-state index contributed by atoms with van der Waals surface area (Å²) in [5.41, 5.74) is 1.05. The van der Waals surface area contributed by atoms with Crippen LogP contribution in [0.5, 0.6) is 0 Å². The number of rotatable bonds is 9. The van der Waals surface area contributed by atoms with Crippen molar-refractivity contribution in [3.05, 3.63) is 47.1 Å². The number of aromatic nitrogens is 2. The summed E-state index contributed by atoms with van der Waals surface area (Å²) < 4.78 is 0. The van der Waals surface area contributed by atoms with Crippen molar-refractivity contribution in [2.24, 2.45) is 0 Å². The molecule has 1 N–H and O–H groups in total. The molecule has 0 radical (unpaired) electrons. The Hall–Kier alpha value is -2.32. The van der Waals surface area contributed by atoms with Crippen LogP contribution in [0.25, 0.3) is 0 Å². The fraction of sp³-hybridized carbons (Fsp3) is 0.478. The molecule has 1 aliphatic rings. The van der Waals surface area contributed by atoms with Crippen molar-refractivity contribution in [3.8, 4) is 0 Å². The molecule has 0 aliphatic carbocycles. The highest BCUT2D eigenvalue weighted by molar-refractivity contribution is 7.99. The normalized spacial score (nSPS) is 16.2. The lowest BCUT2D eigenvalue weighted by molar-refractivity contribution is -0.133. The third kappa shape index (κ3) is 7.10. The van der Waals surface area contributed by atoms with Crippen molar-refractivity contribution in [2.45, 2.75) is 50.9 Å². The average Bonchev–Trinajstić information content (AvgIpc) is 2.80. The van der Waals surface area contributed by atoms with Crippen LogP contribution in [0.4, 0.5) is 5.82 Å². The monoisotopic (exact) mass is 475 g/mol. The number of carbonyl (C=O) groups is 2. The minimum atomic E-state index is -0.0863. The minimum absolute atomic E-state index is 0.0863. The van der Waals surface area contributed by atoms with E-state index in [2.05, 4.69) is 34.0 Å². The Kier molecular flexibility index (Phi) is 9.17. The molecule has 0 spiro atoms. The van der Waals surface area contributed by atoms with Gasteiger partial charge in [0, 0.05) is 44.7 Å². The van der Waals surface area contributed by atoms with Crippen LogP contribution >= 0.6 is 23.4 Å². The van der Waals surface area contributed by atoms with Crippen LogP contribution in [-0.2, 0) is 16.1 Å². The molecule has 7 nitrogen and oxygen atoms in total. The number of unbranched alkanes of at least 4 members (excludes halogenated alkanes) is 1. The van der Waals surface area contributed by atoms with Gasteiger partial charge in [-0.3, -0.25) is 9.59 Å². The van der Waals surface area contributed by atoms with Gasteiger partial charge >= 0.3 is 0 Å². The zero-order chi connectivity index (χ0) is 22.9. The molecule has 32 heavy (non-hydrogen) atoms. The smallest absolute Gasteiger partial charge is 0.230 e. The summed E-state index contributed by atoms with van der Waals surface area (Å²) in [6.07, 6.45) is 2.55. The number of nitrogens with zero attached hydrogens (tertiary/aromatic N) is 4. The predicted molar refractivity (Wildman–Crippen MR) is 129 cm³/mol. The molecule has 2 amide bonds. The van der Waals surface area contributed by atoms with E-state index in [1.165, 1.54) is 11.8 Å². The van der Waals surface area contributed by atoms with Crippen LogP contribution in [0.1, 0.15) is 38.7 Å². The first-order valence-corrected chi connectivity index (χ1v) is 12.3. The first-order chi connectivity index (χ1) is 15.5. The molecular formula is C23H30ClN5O2S. The molecule has 1 fully saturated rings. The average molecular weight is 476 g/mol. The Morgan fingerprint density at radius 1 is 1.22 bits per heavy atom. The van der Waals surface area contributed by atoms with Gasteiger partial charge in [-0.2, -0.15) is 0 Å². The van der Waals surface area contributed by atoms with Gasteiger partial charge in [-0.1, -0.05) is 67.0 Å².